The number of H-pyrrole nitrogens is 2. The quantitative estimate of drug-likeness (QED) is 0.594. The van der Waals surface area contributed by atoms with Crippen molar-refractivity contribution in [2.75, 3.05) is 42.6 Å². The van der Waals surface area contributed by atoms with Crippen LogP contribution < -0.4 is 19.5 Å². The average molecular weight is 375 g/mol. The van der Waals surface area contributed by atoms with E-state index in [4.69, 9.17) is 4.74 Å². The van der Waals surface area contributed by atoms with Crippen LogP contribution in [0.15, 0.2) is 48.9 Å². The Labute approximate surface area is 163 Å². The van der Waals surface area contributed by atoms with E-state index in [2.05, 4.69) is 54.0 Å². The third-order valence-electron chi connectivity index (χ3n) is 5.26. The van der Waals surface area contributed by atoms with Gasteiger partial charge < -0.3 is 14.6 Å². The lowest BCUT2D eigenvalue weighted by atomic mass is 10.2. The molecule has 1 saturated heterocycles. The highest BCUT2D eigenvalue weighted by Gasteiger charge is 2.25. The maximum atomic E-state index is 5.66. The van der Waals surface area contributed by atoms with E-state index in [-0.39, 0.29) is 0 Å². The van der Waals surface area contributed by atoms with E-state index >= 15 is 0 Å². The van der Waals surface area contributed by atoms with E-state index < -0.39 is 0 Å². The number of ether oxygens (including phenoxy) is 1. The minimum atomic E-state index is 0.650. The highest BCUT2D eigenvalue weighted by molar-refractivity contribution is 6.08. The predicted molar refractivity (Wildman–Crippen MR) is 110 cm³/mol. The van der Waals surface area contributed by atoms with E-state index in [9.17, 15) is 0 Å². The molecule has 7 nitrogen and oxygen atoms in total. The van der Waals surface area contributed by atoms with Crippen LogP contribution in [0.3, 0.4) is 0 Å². The molecule has 0 bridgehead atoms. The maximum Gasteiger partial charge on any atom is 0.274 e. The second-order valence-corrected chi connectivity index (χ2v) is 6.91. The molecule has 1 fully saturated rings. The van der Waals surface area contributed by atoms with Crippen LogP contribution in [-0.4, -0.2) is 47.7 Å². The lowest BCUT2D eigenvalue weighted by molar-refractivity contribution is -0.364. The lowest BCUT2D eigenvalue weighted by Crippen LogP contribution is -2.48. The van der Waals surface area contributed by atoms with Gasteiger partial charge in [-0.2, -0.15) is 0 Å². The zero-order valence-electron chi connectivity index (χ0n) is 15.9. The van der Waals surface area contributed by atoms with Gasteiger partial charge in [-0.25, -0.2) is 15.0 Å². The fourth-order valence-electron chi connectivity index (χ4n) is 3.89. The molecular weight excluding hydrogens is 352 g/mol. The molecular formula is C21H23N6O+. The summed E-state index contributed by atoms with van der Waals surface area (Å²) in [7, 11) is 0. The van der Waals surface area contributed by atoms with Crippen molar-refractivity contribution in [1.82, 2.24) is 15.0 Å². The molecule has 142 valence electrons. The van der Waals surface area contributed by atoms with Crippen LogP contribution in [0.5, 0.6) is 5.75 Å². The van der Waals surface area contributed by atoms with Crippen molar-refractivity contribution in [2.45, 2.75) is 6.92 Å². The van der Waals surface area contributed by atoms with Gasteiger partial charge in [-0.15, -0.1) is 0 Å². The highest BCUT2D eigenvalue weighted by atomic mass is 16.5. The van der Waals surface area contributed by atoms with Crippen LogP contribution in [0, 0.1) is 0 Å². The Morgan fingerprint density at radius 1 is 1.07 bits per heavy atom. The largest absolute Gasteiger partial charge is 0.494 e. The Kier molecular flexibility index (Phi) is 4.20. The van der Waals surface area contributed by atoms with E-state index in [1.54, 1.807) is 6.33 Å². The van der Waals surface area contributed by atoms with Crippen molar-refractivity contribution in [3.05, 3.63) is 48.9 Å². The van der Waals surface area contributed by atoms with Gasteiger partial charge in [0.15, 0.2) is 5.82 Å². The number of aromatic amines is 2. The van der Waals surface area contributed by atoms with E-state index in [1.807, 2.05) is 25.3 Å². The van der Waals surface area contributed by atoms with Crippen molar-refractivity contribution >= 4 is 33.6 Å². The molecule has 1 aromatic carbocycles. The SMILES string of the molecule is CCOc1ccc2[nH]c3c(N4CCN(c5cccc[nH+]5)CC4)ncnc3c2c1. The summed E-state index contributed by atoms with van der Waals surface area (Å²) in [6.45, 7) is 6.36. The van der Waals surface area contributed by atoms with Crippen molar-refractivity contribution in [3.63, 3.8) is 0 Å². The van der Waals surface area contributed by atoms with Crippen LogP contribution in [-0.2, 0) is 0 Å². The van der Waals surface area contributed by atoms with Gasteiger partial charge in [-0.1, -0.05) is 6.07 Å². The predicted octanol–water partition coefficient (Wildman–Crippen LogP) is 2.65. The number of rotatable bonds is 4. The van der Waals surface area contributed by atoms with Gasteiger partial charge >= 0.3 is 0 Å². The number of nitrogens with one attached hydrogen (secondary N) is 2. The Balaban J connectivity index is 1.46. The standard InChI is InChI=1S/C21H22N6O/c1-2-28-15-6-7-17-16(13-15)19-20(25-17)21(24-14-23-19)27-11-9-26(10-12-27)18-5-3-4-8-22-18/h3-8,13-14,25H,2,9-12H2,1H3/p+1. The molecule has 2 N–H and O–H groups in total. The van der Waals surface area contributed by atoms with Gasteiger partial charge in [-0.05, 0) is 31.2 Å². The maximum absolute atomic E-state index is 5.66. The Morgan fingerprint density at radius 2 is 1.93 bits per heavy atom. The van der Waals surface area contributed by atoms with Crippen LogP contribution in [0.4, 0.5) is 11.6 Å². The lowest BCUT2D eigenvalue weighted by Gasteiger charge is -2.31. The number of benzene rings is 1. The second-order valence-electron chi connectivity index (χ2n) is 6.91. The molecule has 28 heavy (non-hydrogen) atoms. The molecule has 1 aliphatic rings. The molecule has 0 radical (unpaired) electrons. The zero-order valence-corrected chi connectivity index (χ0v) is 15.9. The van der Waals surface area contributed by atoms with Crippen molar-refractivity contribution in [3.8, 4) is 5.75 Å². The Hall–Kier alpha value is -3.35. The van der Waals surface area contributed by atoms with Crippen molar-refractivity contribution in [2.24, 2.45) is 0 Å². The van der Waals surface area contributed by atoms with Crippen LogP contribution in [0.25, 0.3) is 21.9 Å². The normalized spacial score (nSPS) is 14.8. The molecule has 0 aliphatic carbocycles. The van der Waals surface area contributed by atoms with Crippen LogP contribution >= 0.6 is 0 Å². The number of hydrogen-bond donors (Lipinski definition) is 1. The van der Waals surface area contributed by atoms with Crippen molar-refractivity contribution in [1.29, 1.82) is 0 Å². The minimum Gasteiger partial charge on any atom is -0.494 e. The number of pyridine rings is 1. The fourth-order valence-corrected chi connectivity index (χ4v) is 3.89. The average Bonchev–Trinajstić information content (AvgIpc) is 3.13. The summed E-state index contributed by atoms with van der Waals surface area (Å²) in [5.74, 6) is 2.99. The molecule has 1 aliphatic heterocycles. The number of anilines is 2. The van der Waals surface area contributed by atoms with Gasteiger partial charge in [0.1, 0.15) is 36.2 Å². The zero-order chi connectivity index (χ0) is 18.9. The molecule has 0 amide bonds. The Bertz CT molecular complexity index is 1100. The number of fused-ring (bicyclic) bond motifs is 3. The van der Waals surface area contributed by atoms with Gasteiger partial charge in [0.25, 0.3) is 5.82 Å². The molecule has 4 aromatic rings. The van der Waals surface area contributed by atoms with Gasteiger partial charge in [0.05, 0.1) is 25.9 Å². The summed E-state index contributed by atoms with van der Waals surface area (Å²) in [6, 6.07) is 12.3. The first-order valence-electron chi connectivity index (χ1n) is 9.69. The fraction of sp³-hybridized carbons (Fsp3) is 0.286. The first kappa shape index (κ1) is 16.8. The topological polar surface area (TPSA) is 71.4 Å². The van der Waals surface area contributed by atoms with Gasteiger partial charge in [0.2, 0.25) is 0 Å². The van der Waals surface area contributed by atoms with Gasteiger partial charge in [-0.3, -0.25) is 4.90 Å². The molecule has 0 spiro atoms. The Morgan fingerprint density at radius 3 is 2.71 bits per heavy atom. The first-order valence-corrected chi connectivity index (χ1v) is 9.69. The van der Waals surface area contributed by atoms with E-state index in [1.165, 1.54) is 0 Å². The first-order chi connectivity index (χ1) is 13.8. The molecule has 0 atom stereocenters. The molecule has 4 heterocycles. The minimum absolute atomic E-state index is 0.650. The number of piperazine rings is 1. The smallest absolute Gasteiger partial charge is 0.274 e. The third-order valence-corrected chi connectivity index (χ3v) is 5.26. The van der Waals surface area contributed by atoms with Crippen molar-refractivity contribution < 1.29 is 9.72 Å². The summed E-state index contributed by atoms with van der Waals surface area (Å²) < 4.78 is 5.66. The molecule has 3 aromatic heterocycles. The summed E-state index contributed by atoms with van der Waals surface area (Å²) >= 11 is 0. The summed E-state index contributed by atoms with van der Waals surface area (Å²) in [5.41, 5.74) is 2.99. The summed E-state index contributed by atoms with van der Waals surface area (Å²) in [5, 5.41) is 1.07. The number of hydrogen-bond acceptors (Lipinski definition) is 5. The second kappa shape index (κ2) is 6.99. The molecule has 0 saturated carbocycles. The number of aromatic nitrogens is 4. The summed E-state index contributed by atoms with van der Waals surface area (Å²) in [4.78, 5) is 20.7. The molecule has 0 unspecified atom stereocenters. The van der Waals surface area contributed by atoms with Crippen LogP contribution in [0.1, 0.15) is 6.92 Å². The van der Waals surface area contributed by atoms with E-state index in [0.29, 0.717) is 6.61 Å². The van der Waals surface area contributed by atoms with Gasteiger partial charge in [0, 0.05) is 17.0 Å². The highest BCUT2D eigenvalue weighted by Crippen LogP contribution is 2.32. The summed E-state index contributed by atoms with van der Waals surface area (Å²) in [6.07, 6.45) is 3.63. The molecule has 5 rings (SSSR count). The monoisotopic (exact) mass is 375 g/mol. The van der Waals surface area contributed by atoms with E-state index in [0.717, 1.165) is 65.5 Å². The molecule has 7 heteroatoms. The van der Waals surface area contributed by atoms with Crippen LogP contribution in [0.2, 0.25) is 0 Å². The third kappa shape index (κ3) is 2.89. The number of nitrogens with zero attached hydrogens (tertiary/aromatic N) is 4.